The zero-order chi connectivity index (χ0) is 13.8. The predicted molar refractivity (Wildman–Crippen MR) is 72.2 cm³/mol. The molecular weight excluding hydrogens is 248 g/mol. The molecule has 0 aromatic carbocycles. The third kappa shape index (κ3) is 3.11. The van der Waals surface area contributed by atoms with Crippen molar-refractivity contribution in [2.45, 2.75) is 25.9 Å². The van der Waals surface area contributed by atoms with Crippen LogP contribution in [0.4, 0.5) is 17.3 Å². The summed E-state index contributed by atoms with van der Waals surface area (Å²) >= 11 is 0. The predicted octanol–water partition coefficient (Wildman–Crippen LogP) is 1.58. The van der Waals surface area contributed by atoms with E-state index in [1.54, 1.807) is 0 Å². The molecular formula is C12H18N4O3. The van der Waals surface area contributed by atoms with Crippen LogP contribution in [0.25, 0.3) is 0 Å². The van der Waals surface area contributed by atoms with Gasteiger partial charge in [-0.3, -0.25) is 10.1 Å². The highest BCUT2D eigenvalue weighted by atomic mass is 16.6. The summed E-state index contributed by atoms with van der Waals surface area (Å²) in [6.07, 6.45) is 2.00. The van der Waals surface area contributed by atoms with E-state index in [4.69, 9.17) is 10.5 Å². The Morgan fingerprint density at radius 1 is 1.63 bits per heavy atom. The maximum Gasteiger partial charge on any atom is 0.311 e. The van der Waals surface area contributed by atoms with E-state index < -0.39 is 4.92 Å². The lowest BCUT2D eigenvalue weighted by molar-refractivity contribution is -0.384. The van der Waals surface area contributed by atoms with Gasteiger partial charge >= 0.3 is 5.69 Å². The van der Waals surface area contributed by atoms with Crippen LogP contribution in [0.2, 0.25) is 0 Å². The van der Waals surface area contributed by atoms with Gasteiger partial charge in [-0.05, 0) is 25.8 Å². The van der Waals surface area contributed by atoms with Gasteiger partial charge in [0.15, 0.2) is 0 Å². The van der Waals surface area contributed by atoms with E-state index in [0.717, 1.165) is 19.4 Å². The molecule has 1 aromatic rings. The van der Waals surface area contributed by atoms with Gasteiger partial charge in [-0.25, -0.2) is 4.98 Å². The van der Waals surface area contributed by atoms with E-state index in [9.17, 15) is 10.1 Å². The quantitative estimate of drug-likeness (QED) is 0.656. The Morgan fingerprint density at radius 3 is 3.11 bits per heavy atom. The van der Waals surface area contributed by atoms with Crippen molar-refractivity contribution in [1.29, 1.82) is 0 Å². The van der Waals surface area contributed by atoms with Crippen LogP contribution in [0.3, 0.4) is 0 Å². The number of anilines is 2. The number of nitrogens with zero attached hydrogens (tertiary/aromatic N) is 3. The van der Waals surface area contributed by atoms with Gasteiger partial charge in [0.2, 0.25) is 5.82 Å². The second kappa shape index (κ2) is 5.83. The van der Waals surface area contributed by atoms with Crippen molar-refractivity contribution in [1.82, 2.24) is 4.98 Å². The van der Waals surface area contributed by atoms with Crippen LogP contribution >= 0.6 is 0 Å². The topological polar surface area (TPSA) is 94.5 Å². The largest absolute Gasteiger partial charge is 0.384 e. The second-order valence-electron chi connectivity index (χ2n) is 4.50. The zero-order valence-corrected chi connectivity index (χ0v) is 10.9. The molecule has 0 bridgehead atoms. The maximum absolute atomic E-state index is 11.0. The summed E-state index contributed by atoms with van der Waals surface area (Å²) in [7, 11) is 0. The van der Waals surface area contributed by atoms with Crippen LogP contribution in [0.5, 0.6) is 0 Å². The summed E-state index contributed by atoms with van der Waals surface area (Å²) in [4.78, 5) is 16.6. The monoisotopic (exact) mass is 266 g/mol. The molecule has 0 aliphatic carbocycles. The first-order chi connectivity index (χ1) is 9.11. The Labute approximate surface area is 111 Å². The van der Waals surface area contributed by atoms with Crippen molar-refractivity contribution in [3.8, 4) is 0 Å². The fraction of sp³-hybridized carbons (Fsp3) is 0.583. The molecule has 0 saturated carbocycles. The maximum atomic E-state index is 11.0. The molecule has 2 heterocycles. The van der Waals surface area contributed by atoms with Crippen molar-refractivity contribution in [3.05, 3.63) is 22.2 Å². The van der Waals surface area contributed by atoms with E-state index in [0.29, 0.717) is 24.8 Å². The molecule has 7 heteroatoms. The number of rotatable bonds is 4. The lowest BCUT2D eigenvalue weighted by Gasteiger charge is -2.32. The Balaban J connectivity index is 2.24. The Morgan fingerprint density at radius 2 is 2.42 bits per heavy atom. The van der Waals surface area contributed by atoms with E-state index in [2.05, 4.69) is 4.98 Å². The zero-order valence-electron chi connectivity index (χ0n) is 10.9. The van der Waals surface area contributed by atoms with Crippen molar-refractivity contribution < 1.29 is 9.66 Å². The van der Waals surface area contributed by atoms with Gasteiger partial charge < -0.3 is 15.4 Å². The molecule has 1 unspecified atom stereocenters. The fourth-order valence-corrected chi connectivity index (χ4v) is 2.33. The van der Waals surface area contributed by atoms with Crippen molar-refractivity contribution in [2.75, 3.05) is 30.3 Å². The molecule has 1 fully saturated rings. The number of aromatic nitrogens is 1. The second-order valence-corrected chi connectivity index (χ2v) is 4.50. The molecule has 1 aromatic heterocycles. The van der Waals surface area contributed by atoms with Crippen molar-refractivity contribution >= 4 is 17.3 Å². The van der Waals surface area contributed by atoms with E-state index in [1.165, 1.54) is 12.1 Å². The summed E-state index contributed by atoms with van der Waals surface area (Å²) in [6, 6.07) is 2.85. The fourth-order valence-electron chi connectivity index (χ4n) is 2.33. The minimum absolute atomic E-state index is 0.00801. The number of nitrogen functional groups attached to an aromatic ring is 1. The van der Waals surface area contributed by atoms with E-state index in [-0.39, 0.29) is 11.8 Å². The molecule has 0 amide bonds. The summed E-state index contributed by atoms with van der Waals surface area (Å²) in [5.41, 5.74) is 5.63. The van der Waals surface area contributed by atoms with Gasteiger partial charge in [0.1, 0.15) is 5.82 Å². The highest BCUT2D eigenvalue weighted by Crippen LogP contribution is 2.29. The lowest BCUT2D eigenvalue weighted by atomic mass is 10.1. The van der Waals surface area contributed by atoms with Crippen LogP contribution in [-0.2, 0) is 4.74 Å². The van der Waals surface area contributed by atoms with Gasteiger partial charge in [0.25, 0.3) is 0 Å². The summed E-state index contributed by atoms with van der Waals surface area (Å²) in [5, 5.41) is 11.0. The van der Waals surface area contributed by atoms with Crippen LogP contribution in [0.1, 0.15) is 19.8 Å². The van der Waals surface area contributed by atoms with Crippen LogP contribution in [0.15, 0.2) is 12.1 Å². The average molecular weight is 266 g/mol. The molecule has 0 spiro atoms. The molecule has 1 atom stereocenters. The first-order valence-corrected chi connectivity index (χ1v) is 6.39. The van der Waals surface area contributed by atoms with Gasteiger partial charge in [-0.15, -0.1) is 0 Å². The standard InChI is InChI=1S/C12H18N4O3/c1-2-19-9-4-3-7-15(8-9)12-10(16(17)18)5-6-11(13)14-12/h5-6,9H,2-4,7-8H2,1H3,(H2,13,14). The van der Waals surface area contributed by atoms with Crippen molar-refractivity contribution in [3.63, 3.8) is 0 Å². The number of hydrogen-bond acceptors (Lipinski definition) is 6. The first-order valence-electron chi connectivity index (χ1n) is 6.39. The summed E-state index contributed by atoms with van der Waals surface area (Å²) in [6.45, 7) is 3.94. The van der Waals surface area contributed by atoms with Crippen LogP contribution < -0.4 is 10.6 Å². The highest BCUT2D eigenvalue weighted by Gasteiger charge is 2.27. The normalized spacial score (nSPS) is 19.4. The number of hydrogen-bond donors (Lipinski definition) is 1. The van der Waals surface area contributed by atoms with Crippen LogP contribution in [0, 0.1) is 10.1 Å². The van der Waals surface area contributed by atoms with Crippen LogP contribution in [-0.4, -0.2) is 35.7 Å². The van der Waals surface area contributed by atoms with Gasteiger partial charge in [0, 0.05) is 25.8 Å². The smallest absolute Gasteiger partial charge is 0.311 e. The number of ether oxygens (including phenoxy) is 1. The van der Waals surface area contributed by atoms with E-state index in [1.807, 2.05) is 11.8 Å². The third-order valence-corrected chi connectivity index (χ3v) is 3.15. The van der Waals surface area contributed by atoms with Crippen molar-refractivity contribution in [2.24, 2.45) is 0 Å². The number of nitro groups is 1. The molecule has 19 heavy (non-hydrogen) atoms. The minimum Gasteiger partial charge on any atom is -0.384 e. The Hall–Kier alpha value is -1.89. The molecule has 1 saturated heterocycles. The number of nitrogens with two attached hydrogens (primary N) is 1. The number of piperidine rings is 1. The minimum atomic E-state index is -0.425. The summed E-state index contributed by atoms with van der Waals surface area (Å²) < 4.78 is 5.59. The third-order valence-electron chi connectivity index (χ3n) is 3.15. The van der Waals surface area contributed by atoms with E-state index >= 15 is 0 Å². The van der Waals surface area contributed by atoms with Gasteiger partial charge in [0.05, 0.1) is 11.0 Å². The highest BCUT2D eigenvalue weighted by molar-refractivity contribution is 5.61. The molecule has 0 radical (unpaired) electrons. The lowest BCUT2D eigenvalue weighted by Crippen LogP contribution is -2.40. The molecule has 2 N–H and O–H groups in total. The molecule has 1 aliphatic rings. The summed E-state index contributed by atoms with van der Waals surface area (Å²) in [5.74, 6) is 0.633. The molecule has 104 valence electrons. The average Bonchev–Trinajstić information content (AvgIpc) is 2.39. The molecule has 2 rings (SSSR count). The Bertz CT molecular complexity index is 464. The van der Waals surface area contributed by atoms with Gasteiger partial charge in [-0.1, -0.05) is 0 Å². The molecule has 1 aliphatic heterocycles. The Kier molecular flexibility index (Phi) is 4.16. The number of pyridine rings is 1. The molecule has 7 nitrogen and oxygen atoms in total. The first kappa shape index (κ1) is 13.5. The SMILES string of the molecule is CCOC1CCCN(c2nc(N)ccc2[N+](=O)[O-])C1. The van der Waals surface area contributed by atoms with Gasteiger partial charge in [-0.2, -0.15) is 0 Å².